The summed E-state index contributed by atoms with van der Waals surface area (Å²) in [5.41, 5.74) is 3.91. The second kappa shape index (κ2) is 5.61. The van der Waals surface area contributed by atoms with Crippen molar-refractivity contribution >= 4 is 17.2 Å². The lowest BCUT2D eigenvalue weighted by Gasteiger charge is -2.26. The van der Waals surface area contributed by atoms with Gasteiger partial charge in [0, 0.05) is 11.3 Å². The van der Waals surface area contributed by atoms with Gasteiger partial charge in [-0.2, -0.15) is 0 Å². The van der Waals surface area contributed by atoms with E-state index in [9.17, 15) is 0 Å². The molecule has 0 spiro atoms. The van der Waals surface area contributed by atoms with Gasteiger partial charge in [0.1, 0.15) is 11.6 Å². The van der Waals surface area contributed by atoms with E-state index in [4.69, 9.17) is 9.97 Å². The van der Waals surface area contributed by atoms with Crippen molar-refractivity contribution in [2.24, 2.45) is 0 Å². The van der Waals surface area contributed by atoms with E-state index in [-0.39, 0.29) is 0 Å². The molecule has 0 radical (unpaired) electrons. The summed E-state index contributed by atoms with van der Waals surface area (Å²) in [6.07, 6.45) is 8.22. The SMILES string of the molecule is Cc1nc2c(c(NC3CCCc4nc(C)sc43)n1)CCCC2. The number of rotatable bonds is 2. The third kappa shape index (κ3) is 2.51. The van der Waals surface area contributed by atoms with Crippen LogP contribution in [0.4, 0.5) is 5.82 Å². The maximum absolute atomic E-state index is 4.72. The Kier molecular flexibility index (Phi) is 3.60. The van der Waals surface area contributed by atoms with Crippen molar-refractivity contribution in [1.29, 1.82) is 0 Å². The largest absolute Gasteiger partial charge is 0.362 e. The van der Waals surface area contributed by atoms with Crippen molar-refractivity contribution in [3.8, 4) is 0 Å². The van der Waals surface area contributed by atoms with Gasteiger partial charge in [0.2, 0.25) is 0 Å². The van der Waals surface area contributed by atoms with Gasteiger partial charge in [0.15, 0.2) is 0 Å². The van der Waals surface area contributed by atoms with Crippen LogP contribution < -0.4 is 5.32 Å². The topological polar surface area (TPSA) is 50.7 Å². The van der Waals surface area contributed by atoms with E-state index in [0.717, 1.165) is 30.9 Å². The van der Waals surface area contributed by atoms with Crippen molar-refractivity contribution in [3.63, 3.8) is 0 Å². The molecular weight excluding hydrogens is 292 g/mol. The zero-order valence-electron chi connectivity index (χ0n) is 13.3. The van der Waals surface area contributed by atoms with Crippen LogP contribution in [0.15, 0.2) is 0 Å². The maximum atomic E-state index is 4.72. The van der Waals surface area contributed by atoms with Crippen LogP contribution in [0.1, 0.15) is 64.4 Å². The second-order valence-electron chi connectivity index (χ2n) is 6.38. The van der Waals surface area contributed by atoms with Gasteiger partial charge in [-0.1, -0.05) is 0 Å². The summed E-state index contributed by atoms with van der Waals surface area (Å²) >= 11 is 1.84. The lowest BCUT2D eigenvalue weighted by Crippen LogP contribution is -2.20. The molecule has 2 aliphatic rings. The first-order valence-electron chi connectivity index (χ1n) is 8.30. The van der Waals surface area contributed by atoms with Gasteiger partial charge in [-0.25, -0.2) is 15.0 Å². The molecule has 0 bridgehead atoms. The van der Waals surface area contributed by atoms with E-state index >= 15 is 0 Å². The molecule has 0 aromatic carbocycles. The van der Waals surface area contributed by atoms with E-state index in [0.29, 0.717) is 6.04 Å². The number of aryl methyl sites for hydroxylation is 4. The van der Waals surface area contributed by atoms with Gasteiger partial charge in [-0.15, -0.1) is 11.3 Å². The van der Waals surface area contributed by atoms with Crippen molar-refractivity contribution in [2.75, 3.05) is 5.32 Å². The van der Waals surface area contributed by atoms with Crippen molar-refractivity contribution in [2.45, 2.75) is 64.8 Å². The average molecular weight is 314 g/mol. The number of fused-ring (bicyclic) bond motifs is 2. The van der Waals surface area contributed by atoms with Crippen LogP contribution in [-0.4, -0.2) is 15.0 Å². The number of aromatic nitrogens is 3. The standard InChI is InChI=1S/C17H22N4S/c1-10-18-13-7-4-3-6-12(13)17(19-10)21-15-9-5-8-14-16(15)22-11(2)20-14/h15H,3-9H2,1-2H3,(H,18,19,21). The Morgan fingerprint density at radius 3 is 2.68 bits per heavy atom. The van der Waals surface area contributed by atoms with Crippen molar-refractivity contribution in [1.82, 2.24) is 15.0 Å². The van der Waals surface area contributed by atoms with Gasteiger partial charge in [0.25, 0.3) is 0 Å². The van der Waals surface area contributed by atoms with Crippen molar-refractivity contribution in [3.05, 3.63) is 32.7 Å². The monoisotopic (exact) mass is 314 g/mol. The molecular formula is C17H22N4S. The Bertz CT molecular complexity index is 707. The van der Waals surface area contributed by atoms with E-state index in [1.54, 1.807) is 0 Å². The Balaban J connectivity index is 1.68. The van der Waals surface area contributed by atoms with Crippen LogP contribution in [0, 0.1) is 13.8 Å². The number of nitrogens with one attached hydrogen (secondary N) is 1. The van der Waals surface area contributed by atoms with Gasteiger partial charge in [-0.05, 0) is 58.8 Å². The minimum atomic E-state index is 0.371. The first-order valence-corrected chi connectivity index (χ1v) is 9.11. The fourth-order valence-electron chi connectivity index (χ4n) is 3.68. The van der Waals surface area contributed by atoms with Gasteiger partial charge in [-0.3, -0.25) is 0 Å². The molecule has 4 nitrogen and oxygen atoms in total. The summed E-state index contributed by atoms with van der Waals surface area (Å²) in [5.74, 6) is 1.96. The molecule has 1 N–H and O–H groups in total. The Morgan fingerprint density at radius 2 is 1.77 bits per heavy atom. The number of anilines is 1. The summed E-state index contributed by atoms with van der Waals surface area (Å²) in [5, 5.41) is 4.92. The molecule has 2 aromatic rings. The van der Waals surface area contributed by atoms with Crippen LogP contribution >= 0.6 is 11.3 Å². The van der Waals surface area contributed by atoms with Crippen LogP contribution in [0.25, 0.3) is 0 Å². The van der Waals surface area contributed by atoms with E-state index in [1.165, 1.54) is 52.5 Å². The Hall–Kier alpha value is -1.49. The third-order valence-corrected chi connectivity index (χ3v) is 5.79. The fraction of sp³-hybridized carbons (Fsp3) is 0.588. The molecule has 0 amide bonds. The predicted molar refractivity (Wildman–Crippen MR) is 89.6 cm³/mol. The molecule has 0 saturated carbocycles. The average Bonchev–Trinajstić information content (AvgIpc) is 2.88. The molecule has 4 rings (SSSR count). The van der Waals surface area contributed by atoms with Gasteiger partial charge in [0.05, 0.1) is 21.6 Å². The first kappa shape index (κ1) is 14.1. The zero-order chi connectivity index (χ0) is 15.1. The Labute approximate surface area is 135 Å². The summed E-state index contributed by atoms with van der Waals surface area (Å²) in [4.78, 5) is 15.5. The first-order chi connectivity index (χ1) is 10.7. The maximum Gasteiger partial charge on any atom is 0.133 e. The molecule has 5 heteroatoms. The van der Waals surface area contributed by atoms with E-state index < -0.39 is 0 Å². The molecule has 2 aromatic heterocycles. The minimum Gasteiger partial charge on any atom is -0.362 e. The molecule has 116 valence electrons. The highest BCUT2D eigenvalue weighted by Crippen LogP contribution is 2.37. The second-order valence-corrected chi connectivity index (χ2v) is 7.62. The van der Waals surface area contributed by atoms with Crippen LogP contribution in [0.3, 0.4) is 0 Å². The van der Waals surface area contributed by atoms with Gasteiger partial charge < -0.3 is 5.32 Å². The molecule has 1 unspecified atom stereocenters. The van der Waals surface area contributed by atoms with Crippen molar-refractivity contribution < 1.29 is 0 Å². The normalized spacial score (nSPS) is 20.4. The number of nitrogens with zero attached hydrogens (tertiary/aromatic N) is 3. The summed E-state index contributed by atoms with van der Waals surface area (Å²) < 4.78 is 0. The fourth-order valence-corrected chi connectivity index (χ4v) is 4.74. The molecule has 2 aliphatic carbocycles. The molecule has 0 aliphatic heterocycles. The summed E-state index contributed by atoms with van der Waals surface area (Å²) in [7, 11) is 0. The summed E-state index contributed by atoms with van der Waals surface area (Å²) in [6, 6.07) is 0.371. The highest BCUT2D eigenvalue weighted by Gasteiger charge is 2.26. The number of thiazole rings is 1. The number of hydrogen-bond donors (Lipinski definition) is 1. The number of hydrogen-bond acceptors (Lipinski definition) is 5. The zero-order valence-corrected chi connectivity index (χ0v) is 14.1. The van der Waals surface area contributed by atoms with E-state index in [1.807, 2.05) is 18.3 Å². The van der Waals surface area contributed by atoms with Crippen LogP contribution in [0.2, 0.25) is 0 Å². The Morgan fingerprint density at radius 1 is 0.955 bits per heavy atom. The molecule has 1 atom stereocenters. The quantitative estimate of drug-likeness (QED) is 0.913. The van der Waals surface area contributed by atoms with E-state index in [2.05, 4.69) is 17.2 Å². The molecule has 2 heterocycles. The third-order valence-electron chi connectivity index (χ3n) is 4.66. The highest BCUT2D eigenvalue weighted by molar-refractivity contribution is 7.11. The van der Waals surface area contributed by atoms with Crippen LogP contribution in [0.5, 0.6) is 0 Å². The predicted octanol–water partition coefficient (Wildman–Crippen LogP) is 3.92. The van der Waals surface area contributed by atoms with Gasteiger partial charge >= 0.3 is 0 Å². The molecule has 0 saturated heterocycles. The van der Waals surface area contributed by atoms with Crippen LogP contribution in [-0.2, 0) is 19.3 Å². The molecule has 22 heavy (non-hydrogen) atoms. The minimum absolute atomic E-state index is 0.371. The lowest BCUT2D eigenvalue weighted by atomic mass is 9.94. The smallest absolute Gasteiger partial charge is 0.133 e. The highest BCUT2D eigenvalue weighted by atomic mass is 32.1. The summed E-state index contributed by atoms with van der Waals surface area (Å²) in [6.45, 7) is 4.11. The molecule has 0 fully saturated rings. The lowest BCUT2D eigenvalue weighted by molar-refractivity contribution is 0.595.